The number of unbranched alkanes of at least 4 members (excludes halogenated alkanes) is 1. The summed E-state index contributed by atoms with van der Waals surface area (Å²) in [5.74, 6) is 0.683. The molecule has 0 radical (unpaired) electrons. The molecule has 0 aliphatic heterocycles. The monoisotopic (exact) mass is 261 g/mol. The molecule has 2 N–H and O–H groups in total. The fourth-order valence-corrected chi connectivity index (χ4v) is 2.86. The van der Waals surface area contributed by atoms with Gasteiger partial charge < -0.3 is 5.73 Å². The predicted octanol–water partition coefficient (Wildman–Crippen LogP) is 3.74. The van der Waals surface area contributed by atoms with E-state index < -0.39 is 0 Å². The lowest BCUT2D eigenvalue weighted by molar-refractivity contribution is 0.616. The minimum Gasteiger partial charge on any atom is -0.330 e. The van der Waals surface area contributed by atoms with Crippen LogP contribution in [0.1, 0.15) is 37.0 Å². The van der Waals surface area contributed by atoms with Crippen molar-refractivity contribution < 1.29 is 0 Å². The zero-order chi connectivity index (χ0) is 9.68. The van der Waals surface area contributed by atoms with Gasteiger partial charge in [-0.25, -0.2) is 0 Å². The molecule has 0 amide bonds. The lowest BCUT2D eigenvalue weighted by Gasteiger charge is -2.07. The molecule has 0 aromatic carbocycles. The van der Waals surface area contributed by atoms with Crippen LogP contribution in [0.25, 0.3) is 0 Å². The summed E-state index contributed by atoms with van der Waals surface area (Å²) in [5.41, 5.74) is 5.45. The molecule has 0 saturated heterocycles. The van der Waals surface area contributed by atoms with E-state index in [2.05, 4.69) is 34.3 Å². The van der Waals surface area contributed by atoms with Crippen molar-refractivity contribution in [1.82, 2.24) is 0 Å². The molecule has 1 aromatic heterocycles. The molecule has 3 heteroatoms. The van der Waals surface area contributed by atoms with Crippen LogP contribution in [-0.2, 0) is 0 Å². The highest BCUT2D eigenvalue weighted by Gasteiger charge is 2.07. The van der Waals surface area contributed by atoms with Gasteiger partial charge in [0.1, 0.15) is 0 Å². The average Bonchev–Trinajstić information content (AvgIpc) is 2.52. The second kappa shape index (κ2) is 5.78. The van der Waals surface area contributed by atoms with Gasteiger partial charge in [-0.15, -0.1) is 11.3 Å². The van der Waals surface area contributed by atoms with Crippen LogP contribution >= 0.6 is 27.3 Å². The van der Waals surface area contributed by atoms with E-state index in [1.165, 1.54) is 22.2 Å². The van der Waals surface area contributed by atoms with Gasteiger partial charge in [0.2, 0.25) is 0 Å². The van der Waals surface area contributed by atoms with E-state index in [4.69, 9.17) is 5.73 Å². The third-order valence-corrected chi connectivity index (χ3v) is 4.09. The van der Waals surface area contributed by atoms with Crippen molar-refractivity contribution in [2.45, 2.75) is 32.1 Å². The summed E-state index contributed by atoms with van der Waals surface area (Å²) in [4.78, 5) is 1.48. The fourth-order valence-electron chi connectivity index (χ4n) is 1.32. The second-order valence-electron chi connectivity index (χ2n) is 3.35. The van der Waals surface area contributed by atoms with E-state index in [9.17, 15) is 0 Å². The summed E-state index contributed by atoms with van der Waals surface area (Å²) in [7, 11) is 0. The van der Waals surface area contributed by atoms with Crippen LogP contribution in [0.3, 0.4) is 0 Å². The first-order valence-corrected chi connectivity index (χ1v) is 6.35. The van der Waals surface area contributed by atoms with Crippen molar-refractivity contribution in [3.8, 4) is 0 Å². The van der Waals surface area contributed by atoms with Crippen LogP contribution in [0, 0.1) is 0 Å². The maximum atomic E-state index is 5.45. The van der Waals surface area contributed by atoms with E-state index in [0.717, 1.165) is 13.0 Å². The van der Waals surface area contributed by atoms with Crippen LogP contribution < -0.4 is 5.73 Å². The number of hydrogen-bond donors (Lipinski definition) is 1. The Balaban J connectivity index is 2.35. The molecule has 0 bridgehead atoms. The summed E-state index contributed by atoms with van der Waals surface area (Å²) in [6, 6.07) is 2.22. The van der Waals surface area contributed by atoms with Gasteiger partial charge in [-0.2, -0.15) is 0 Å². The molecule has 1 unspecified atom stereocenters. The number of halogens is 1. The van der Waals surface area contributed by atoms with E-state index >= 15 is 0 Å². The molecule has 0 aliphatic carbocycles. The second-order valence-corrected chi connectivity index (χ2v) is 5.21. The van der Waals surface area contributed by atoms with Gasteiger partial charge in [-0.05, 0) is 47.3 Å². The molecule has 74 valence electrons. The van der Waals surface area contributed by atoms with Gasteiger partial charge in [0, 0.05) is 14.7 Å². The van der Waals surface area contributed by atoms with Crippen molar-refractivity contribution >= 4 is 27.3 Å². The van der Waals surface area contributed by atoms with E-state index in [1.807, 2.05) is 11.3 Å². The fraction of sp³-hybridized carbons (Fsp3) is 0.600. The van der Waals surface area contributed by atoms with Crippen LogP contribution in [0.5, 0.6) is 0 Å². The Morgan fingerprint density at radius 1 is 1.54 bits per heavy atom. The lowest BCUT2D eigenvalue weighted by atomic mass is 10.0. The highest BCUT2D eigenvalue weighted by Crippen LogP contribution is 2.29. The van der Waals surface area contributed by atoms with Crippen LogP contribution in [0.4, 0.5) is 0 Å². The van der Waals surface area contributed by atoms with Crippen molar-refractivity contribution in [1.29, 1.82) is 0 Å². The minimum absolute atomic E-state index is 0.683. The Hall–Kier alpha value is 0.140. The third kappa shape index (κ3) is 3.79. The zero-order valence-corrected chi connectivity index (χ0v) is 10.3. The first-order chi connectivity index (χ1) is 6.24. The van der Waals surface area contributed by atoms with Gasteiger partial charge in [-0.1, -0.05) is 13.3 Å². The summed E-state index contributed by atoms with van der Waals surface area (Å²) in [6.07, 6.45) is 3.65. The minimum atomic E-state index is 0.683. The maximum absolute atomic E-state index is 5.45. The highest BCUT2D eigenvalue weighted by molar-refractivity contribution is 9.10. The van der Waals surface area contributed by atoms with Crippen LogP contribution in [0.15, 0.2) is 15.9 Å². The molecular formula is C10H16BrNS. The van der Waals surface area contributed by atoms with Gasteiger partial charge >= 0.3 is 0 Å². The average molecular weight is 262 g/mol. The normalized spacial score (nSPS) is 13.2. The van der Waals surface area contributed by atoms with Gasteiger partial charge in [0.15, 0.2) is 0 Å². The first kappa shape index (κ1) is 11.2. The maximum Gasteiger partial charge on any atom is 0.0285 e. The van der Waals surface area contributed by atoms with Crippen molar-refractivity contribution in [3.63, 3.8) is 0 Å². The number of hydrogen-bond acceptors (Lipinski definition) is 2. The molecule has 0 saturated carbocycles. The molecule has 1 heterocycles. The van der Waals surface area contributed by atoms with Gasteiger partial charge in [0.05, 0.1) is 0 Å². The molecule has 13 heavy (non-hydrogen) atoms. The van der Waals surface area contributed by atoms with E-state index in [0.29, 0.717) is 5.92 Å². The molecule has 0 spiro atoms. The Morgan fingerprint density at radius 2 is 2.31 bits per heavy atom. The van der Waals surface area contributed by atoms with Gasteiger partial charge in [-0.3, -0.25) is 0 Å². The molecule has 1 atom stereocenters. The number of rotatable bonds is 5. The Labute approximate surface area is 92.5 Å². The Morgan fingerprint density at radius 3 is 2.85 bits per heavy atom. The Kier molecular flexibility index (Phi) is 4.99. The molecular weight excluding hydrogens is 246 g/mol. The molecule has 1 aromatic rings. The third-order valence-electron chi connectivity index (χ3n) is 2.16. The summed E-state index contributed by atoms with van der Waals surface area (Å²) in [5, 5.41) is 2.15. The molecule has 0 aliphatic rings. The summed E-state index contributed by atoms with van der Waals surface area (Å²) < 4.78 is 1.21. The smallest absolute Gasteiger partial charge is 0.0285 e. The van der Waals surface area contributed by atoms with Crippen LogP contribution in [0.2, 0.25) is 0 Å². The molecule has 1 rings (SSSR count). The van der Waals surface area contributed by atoms with Crippen molar-refractivity contribution in [2.24, 2.45) is 5.73 Å². The Bertz CT molecular complexity index is 247. The highest BCUT2D eigenvalue weighted by atomic mass is 79.9. The van der Waals surface area contributed by atoms with Crippen LogP contribution in [-0.4, -0.2) is 6.54 Å². The molecule has 0 fully saturated rings. The zero-order valence-electron chi connectivity index (χ0n) is 7.92. The van der Waals surface area contributed by atoms with Crippen molar-refractivity contribution in [3.05, 3.63) is 20.8 Å². The van der Waals surface area contributed by atoms with E-state index in [1.54, 1.807) is 0 Å². The standard InChI is InChI=1S/C10H16BrNS/c1-8(4-2-3-5-12)10-6-9(11)7-13-10/h6-8H,2-5,12H2,1H3. The largest absolute Gasteiger partial charge is 0.330 e. The first-order valence-electron chi connectivity index (χ1n) is 4.68. The van der Waals surface area contributed by atoms with Crippen molar-refractivity contribution in [2.75, 3.05) is 6.54 Å². The summed E-state index contributed by atoms with van der Waals surface area (Å²) >= 11 is 5.31. The predicted molar refractivity (Wildman–Crippen MR) is 63.3 cm³/mol. The SMILES string of the molecule is CC(CCCCN)c1cc(Br)cs1. The quantitative estimate of drug-likeness (QED) is 0.804. The number of thiophene rings is 1. The topological polar surface area (TPSA) is 26.0 Å². The summed E-state index contributed by atoms with van der Waals surface area (Å²) in [6.45, 7) is 3.11. The lowest BCUT2D eigenvalue weighted by Crippen LogP contribution is -1.99. The van der Waals surface area contributed by atoms with E-state index in [-0.39, 0.29) is 0 Å². The number of nitrogens with two attached hydrogens (primary N) is 1. The molecule has 1 nitrogen and oxygen atoms in total. The van der Waals surface area contributed by atoms with Gasteiger partial charge in [0.25, 0.3) is 0 Å².